The fourth-order valence-electron chi connectivity index (χ4n) is 3.15. The third-order valence-corrected chi connectivity index (χ3v) is 4.55. The lowest BCUT2D eigenvalue weighted by Crippen LogP contribution is -2.45. The summed E-state index contributed by atoms with van der Waals surface area (Å²) in [4.78, 5) is 19.7. The molecule has 0 saturated carbocycles. The Labute approximate surface area is 147 Å². The van der Waals surface area contributed by atoms with Crippen molar-refractivity contribution >= 4 is 11.4 Å². The van der Waals surface area contributed by atoms with Crippen molar-refractivity contribution in [2.24, 2.45) is 0 Å². The van der Waals surface area contributed by atoms with Gasteiger partial charge in [-0.15, -0.1) is 0 Å². The minimum Gasteiger partial charge on any atom is -0.383 e. The summed E-state index contributed by atoms with van der Waals surface area (Å²) in [5, 5.41) is 14.1. The van der Waals surface area contributed by atoms with Gasteiger partial charge in [-0.3, -0.25) is 24.9 Å². The van der Waals surface area contributed by atoms with E-state index in [1.807, 2.05) is 18.5 Å². The molecular formula is C18H23N5O2. The lowest BCUT2D eigenvalue weighted by molar-refractivity contribution is -0.384. The Bertz CT molecular complexity index is 715. The summed E-state index contributed by atoms with van der Waals surface area (Å²) in [5.74, 6) is 0. The molecule has 25 heavy (non-hydrogen) atoms. The third kappa shape index (κ3) is 4.52. The van der Waals surface area contributed by atoms with E-state index in [9.17, 15) is 10.1 Å². The number of benzene rings is 1. The molecule has 1 aliphatic heterocycles. The first-order valence-electron chi connectivity index (χ1n) is 8.44. The van der Waals surface area contributed by atoms with E-state index in [2.05, 4.69) is 32.2 Å². The first kappa shape index (κ1) is 17.3. The van der Waals surface area contributed by atoms with Gasteiger partial charge in [0, 0.05) is 64.8 Å². The Kier molecular flexibility index (Phi) is 5.57. The van der Waals surface area contributed by atoms with E-state index in [1.165, 1.54) is 5.56 Å². The molecule has 2 heterocycles. The maximum Gasteiger partial charge on any atom is 0.292 e. The van der Waals surface area contributed by atoms with E-state index in [1.54, 1.807) is 19.2 Å². The molecule has 7 heteroatoms. The van der Waals surface area contributed by atoms with E-state index < -0.39 is 0 Å². The van der Waals surface area contributed by atoms with Crippen LogP contribution in [0.2, 0.25) is 0 Å². The predicted octanol–water partition coefficient (Wildman–Crippen LogP) is 2.35. The number of rotatable bonds is 6. The number of hydrogen-bond donors (Lipinski definition) is 1. The highest BCUT2D eigenvalue weighted by Crippen LogP contribution is 2.25. The Balaban J connectivity index is 1.55. The smallest absolute Gasteiger partial charge is 0.292 e. The second-order valence-electron chi connectivity index (χ2n) is 6.27. The van der Waals surface area contributed by atoms with E-state index in [0.29, 0.717) is 5.69 Å². The zero-order valence-electron chi connectivity index (χ0n) is 14.4. The Morgan fingerprint density at radius 1 is 1.04 bits per heavy atom. The number of anilines is 1. The number of hydrogen-bond acceptors (Lipinski definition) is 6. The van der Waals surface area contributed by atoms with E-state index in [4.69, 9.17) is 0 Å². The maximum atomic E-state index is 11.2. The van der Waals surface area contributed by atoms with Crippen LogP contribution in [0.4, 0.5) is 11.4 Å². The number of nitrogens with zero attached hydrogens (tertiary/aromatic N) is 4. The summed E-state index contributed by atoms with van der Waals surface area (Å²) in [5.41, 5.74) is 2.95. The average Bonchev–Trinajstić information content (AvgIpc) is 2.64. The maximum absolute atomic E-state index is 11.2. The highest BCUT2D eigenvalue weighted by molar-refractivity contribution is 5.62. The fourth-order valence-corrected chi connectivity index (χ4v) is 3.15. The summed E-state index contributed by atoms with van der Waals surface area (Å²) in [6.07, 6.45) is 3.65. The van der Waals surface area contributed by atoms with Crippen molar-refractivity contribution in [3.8, 4) is 0 Å². The predicted molar refractivity (Wildman–Crippen MR) is 97.4 cm³/mol. The van der Waals surface area contributed by atoms with Gasteiger partial charge in [-0.1, -0.05) is 6.07 Å². The quantitative estimate of drug-likeness (QED) is 0.642. The Morgan fingerprint density at radius 2 is 1.64 bits per heavy atom. The Hall–Kier alpha value is -2.51. The van der Waals surface area contributed by atoms with Crippen LogP contribution in [-0.4, -0.2) is 52.9 Å². The van der Waals surface area contributed by atoms with Crippen molar-refractivity contribution in [2.45, 2.75) is 13.1 Å². The summed E-state index contributed by atoms with van der Waals surface area (Å²) in [6, 6.07) is 9.52. The molecule has 1 fully saturated rings. The lowest BCUT2D eigenvalue weighted by atomic mass is 10.1. The van der Waals surface area contributed by atoms with Gasteiger partial charge >= 0.3 is 0 Å². The molecular weight excluding hydrogens is 318 g/mol. The number of nitro benzene ring substituents is 1. The molecule has 1 aliphatic rings. The molecule has 1 aromatic heterocycles. The normalized spacial score (nSPS) is 15.9. The topological polar surface area (TPSA) is 74.5 Å². The number of piperazine rings is 1. The second-order valence-corrected chi connectivity index (χ2v) is 6.27. The summed E-state index contributed by atoms with van der Waals surface area (Å²) < 4.78 is 0. The molecule has 0 radical (unpaired) electrons. The average molecular weight is 341 g/mol. The molecule has 2 aromatic rings. The van der Waals surface area contributed by atoms with Crippen LogP contribution < -0.4 is 5.32 Å². The SMILES string of the molecule is CNc1ccc(CN2CCN(Cc3ccncc3)CC2)cc1[N+](=O)[O-]. The van der Waals surface area contributed by atoms with Gasteiger partial charge in [0.05, 0.1) is 4.92 Å². The fraction of sp³-hybridized carbons (Fsp3) is 0.389. The van der Waals surface area contributed by atoms with Crippen molar-refractivity contribution < 1.29 is 4.92 Å². The van der Waals surface area contributed by atoms with Crippen LogP contribution in [0.15, 0.2) is 42.7 Å². The highest BCUT2D eigenvalue weighted by Gasteiger charge is 2.19. The van der Waals surface area contributed by atoms with Gasteiger partial charge in [0.2, 0.25) is 0 Å². The number of nitro groups is 1. The van der Waals surface area contributed by atoms with Gasteiger partial charge < -0.3 is 5.32 Å². The third-order valence-electron chi connectivity index (χ3n) is 4.55. The summed E-state index contributed by atoms with van der Waals surface area (Å²) >= 11 is 0. The van der Waals surface area contributed by atoms with Gasteiger partial charge in [0.25, 0.3) is 5.69 Å². The van der Waals surface area contributed by atoms with Crippen molar-refractivity contribution in [3.63, 3.8) is 0 Å². The number of pyridine rings is 1. The molecule has 7 nitrogen and oxygen atoms in total. The Morgan fingerprint density at radius 3 is 2.20 bits per heavy atom. The standard InChI is InChI=1S/C18H23N5O2/c1-19-17-3-2-16(12-18(17)23(24)25)14-22-10-8-21(9-11-22)13-15-4-6-20-7-5-15/h2-7,12,19H,8-11,13-14H2,1H3. The zero-order valence-corrected chi connectivity index (χ0v) is 14.4. The van der Waals surface area contributed by atoms with Crippen LogP contribution in [0.3, 0.4) is 0 Å². The van der Waals surface area contributed by atoms with Crippen molar-refractivity contribution in [3.05, 3.63) is 64.0 Å². The molecule has 0 aliphatic carbocycles. The monoisotopic (exact) mass is 341 g/mol. The van der Waals surface area contributed by atoms with E-state index in [0.717, 1.165) is 44.8 Å². The molecule has 1 saturated heterocycles. The number of nitrogens with one attached hydrogen (secondary N) is 1. The lowest BCUT2D eigenvalue weighted by Gasteiger charge is -2.34. The van der Waals surface area contributed by atoms with Crippen LogP contribution >= 0.6 is 0 Å². The molecule has 1 N–H and O–H groups in total. The van der Waals surface area contributed by atoms with Crippen molar-refractivity contribution in [2.75, 3.05) is 38.5 Å². The molecule has 132 valence electrons. The molecule has 0 atom stereocenters. The van der Waals surface area contributed by atoms with Gasteiger partial charge in [0.15, 0.2) is 0 Å². The van der Waals surface area contributed by atoms with Crippen LogP contribution in [0.25, 0.3) is 0 Å². The first-order valence-corrected chi connectivity index (χ1v) is 8.44. The summed E-state index contributed by atoms with van der Waals surface area (Å²) in [7, 11) is 1.70. The number of aromatic nitrogens is 1. The summed E-state index contributed by atoms with van der Waals surface area (Å²) in [6.45, 7) is 5.62. The van der Waals surface area contributed by atoms with E-state index >= 15 is 0 Å². The molecule has 0 amide bonds. The molecule has 0 unspecified atom stereocenters. The van der Waals surface area contributed by atoms with Crippen LogP contribution in [0.5, 0.6) is 0 Å². The minimum atomic E-state index is -0.331. The first-order chi connectivity index (χ1) is 12.2. The largest absolute Gasteiger partial charge is 0.383 e. The van der Waals surface area contributed by atoms with E-state index in [-0.39, 0.29) is 10.6 Å². The highest BCUT2D eigenvalue weighted by atomic mass is 16.6. The molecule has 0 spiro atoms. The molecule has 1 aromatic carbocycles. The zero-order chi connectivity index (χ0) is 17.6. The molecule has 3 rings (SSSR count). The minimum absolute atomic E-state index is 0.135. The van der Waals surface area contributed by atoms with Crippen LogP contribution in [0, 0.1) is 10.1 Å². The van der Waals surface area contributed by atoms with Gasteiger partial charge in [-0.2, -0.15) is 0 Å². The van der Waals surface area contributed by atoms with Crippen molar-refractivity contribution in [1.82, 2.24) is 14.8 Å². The molecule has 0 bridgehead atoms. The van der Waals surface area contributed by atoms with Crippen LogP contribution in [0.1, 0.15) is 11.1 Å². The second kappa shape index (κ2) is 8.04. The van der Waals surface area contributed by atoms with Gasteiger partial charge in [-0.25, -0.2) is 0 Å². The van der Waals surface area contributed by atoms with Crippen LogP contribution in [-0.2, 0) is 13.1 Å². The van der Waals surface area contributed by atoms with Gasteiger partial charge in [-0.05, 0) is 29.3 Å². The van der Waals surface area contributed by atoms with Crippen molar-refractivity contribution in [1.29, 1.82) is 0 Å². The van der Waals surface area contributed by atoms with Gasteiger partial charge in [0.1, 0.15) is 5.69 Å².